The molecule has 0 spiro atoms. The van der Waals surface area contributed by atoms with Crippen molar-refractivity contribution in [2.24, 2.45) is 0 Å². The highest BCUT2D eigenvalue weighted by molar-refractivity contribution is 5.95. The van der Waals surface area contributed by atoms with Crippen molar-refractivity contribution < 1.29 is 9.18 Å². The smallest absolute Gasteiger partial charge is 0.254 e. The van der Waals surface area contributed by atoms with Gasteiger partial charge in [-0.2, -0.15) is 5.10 Å². The van der Waals surface area contributed by atoms with E-state index in [-0.39, 0.29) is 17.8 Å². The normalized spacial score (nSPS) is 16.4. The third-order valence-electron chi connectivity index (χ3n) is 4.78. The van der Waals surface area contributed by atoms with Gasteiger partial charge in [0.25, 0.3) is 5.91 Å². The fourth-order valence-electron chi connectivity index (χ4n) is 3.36. The minimum Gasteiger partial charge on any atom is -0.349 e. The summed E-state index contributed by atoms with van der Waals surface area (Å²) < 4.78 is 15.4. The molecule has 0 aliphatic heterocycles. The van der Waals surface area contributed by atoms with Crippen LogP contribution >= 0.6 is 0 Å². The summed E-state index contributed by atoms with van der Waals surface area (Å²) in [7, 11) is 0. The highest BCUT2D eigenvalue weighted by Gasteiger charge is 2.20. The Morgan fingerprint density at radius 3 is 2.54 bits per heavy atom. The molecule has 1 fully saturated rings. The van der Waals surface area contributed by atoms with Crippen molar-refractivity contribution in [2.45, 2.75) is 57.9 Å². The predicted octanol–water partition coefficient (Wildman–Crippen LogP) is 4.16. The van der Waals surface area contributed by atoms with E-state index in [1.165, 1.54) is 49.0 Å². The maximum Gasteiger partial charge on any atom is 0.254 e. The molecule has 0 radical (unpaired) electrons. The van der Waals surface area contributed by atoms with Gasteiger partial charge in [-0.15, -0.1) is 0 Å². The third kappa shape index (κ3) is 3.66. The van der Waals surface area contributed by atoms with Crippen molar-refractivity contribution in [1.29, 1.82) is 0 Å². The Kier molecular flexibility index (Phi) is 5.28. The molecule has 4 nitrogen and oxygen atoms in total. The van der Waals surface area contributed by atoms with Gasteiger partial charge in [-0.3, -0.25) is 4.79 Å². The number of para-hydroxylation sites is 1. The molecule has 24 heavy (non-hydrogen) atoms. The first-order valence-electron chi connectivity index (χ1n) is 8.77. The van der Waals surface area contributed by atoms with Crippen LogP contribution in [0.1, 0.15) is 61.0 Å². The average molecular weight is 329 g/mol. The van der Waals surface area contributed by atoms with E-state index in [1.807, 2.05) is 0 Å². The fourth-order valence-corrected chi connectivity index (χ4v) is 3.36. The second-order valence-corrected chi connectivity index (χ2v) is 6.52. The Morgan fingerprint density at radius 1 is 1.17 bits per heavy atom. The molecule has 1 N–H and O–H groups in total. The molecular formula is C19H24FN3O. The fraction of sp³-hybridized carbons (Fsp3) is 0.474. The number of carbonyl (C=O) groups is 1. The van der Waals surface area contributed by atoms with Gasteiger partial charge >= 0.3 is 0 Å². The molecule has 1 heterocycles. The molecule has 3 rings (SSSR count). The minimum absolute atomic E-state index is 0.110. The lowest BCUT2D eigenvalue weighted by Crippen LogP contribution is -2.35. The molecule has 1 saturated carbocycles. The third-order valence-corrected chi connectivity index (χ3v) is 4.78. The molecule has 1 amide bonds. The number of halogens is 1. The summed E-state index contributed by atoms with van der Waals surface area (Å²) in [6.45, 7) is 1.80. The second-order valence-electron chi connectivity index (χ2n) is 6.52. The molecule has 0 unspecified atom stereocenters. The van der Waals surface area contributed by atoms with Crippen LogP contribution in [-0.2, 0) is 0 Å². The predicted molar refractivity (Wildman–Crippen MR) is 91.8 cm³/mol. The van der Waals surface area contributed by atoms with E-state index < -0.39 is 0 Å². The molecule has 0 atom stereocenters. The van der Waals surface area contributed by atoms with Gasteiger partial charge in [0, 0.05) is 6.04 Å². The molecule has 2 aromatic rings. The quantitative estimate of drug-likeness (QED) is 0.919. The van der Waals surface area contributed by atoms with Crippen molar-refractivity contribution in [2.75, 3.05) is 0 Å². The van der Waals surface area contributed by atoms with Crippen LogP contribution in [0.15, 0.2) is 30.5 Å². The first kappa shape index (κ1) is 16.7. The molecule has 1 aromatic heterocycles. The summed E-state index contributed by atoms with van der Waals surface area (Å²) in [5.74, 6) is -0.462. The van der Waals surface area contributed by atoms with E-state index in [9.17, 15) is 9.18 Å². The number of amides is 1. The molecule has 128 valence electrons. The summed E-state index contributed by atoms with van der Waals surface area (Å²) in [4.78, 5) is 12.6. The van der Waals surface area contributed by atoms with E-state index in [0.717, 1.165) is 12.8 Å². The lowest BCUT2D eigenvalue weighted by atomic mass is 9.96. The van der Waals surface area contributed by atoms with Crippen molar-refractivity contribution in [3.05, 3.63) is 47.5 Å². The highest BCUT2D eigenvalue weighted by Crippen LogP contribution is 2.19. The van der Waals surface area contributed by atoms with Crippen molar-refractivity contribution in [3.63, 3.8) is 0 Å². The van der Waals surface area contributed by atoms with E-state index in [0.29, 0.717) is 16.9 Å². The Balaban J connectivity index is 1.75. The van der Waals surface area contributed by atoms with Crippen LogP contribution in [0.25, 0.3) is 5.69 Å². The van der Waals surface area contributed by atoms with Crippen LogP contribution in [-0.4, -0.2) is 21.7 Å². The van der Waals surface area contributed by atoms with Crippen LogP contribution in [0.3, 0.4) is 0 Å². The minimum atomic E-state index is -0.351. The number of hydrogen-bond acceptors (Lipinski definition) is 2. The molecule has 1 aromatic carbocycles. The topological polar surface area (TPSA) is 46.9 Å². The van der Waals surface area contributed by atoms with Gasteiger partial charge in [-0.25, -0.2) is 9.07 Å². The first-order valence-corrected chi connectivity index (χ1v) is 8.77. The molecule has 1 aliphatic carbocycles. The van der Waals surface area contributed by atoms with Crippen LogP contribution in [0.2, 0.25) is 0 Å². The van der Waals surface area contributed by atoms with Crippen molar-refractivity contribution in [3.8, 4) is 5.69 Å². The van der Waals surface area contributed by atoms with E-state index >= 15 is 0 Å². The van der Waals surface area contributed by atoms with E-state index in [1.54, 1.807) is 25.1 Å². The summed E-state index contributed by atoms with van der Waals surface area (Å²) in [5.41, 5.74) is 1.53. The van der Waals surface area contributed by atoms with Crippen LogP contribution in [0.5, 0.6) is 0 Å². The number of nitrogens with one attached hydrogen (secondary N) is 1. The maximum atomic E-state index is 14.0. The van der Waals surface area contributed by atoms with Crippen molar-refractivity contribution in [1.82, 2.24) is 15.1 Å². The maximum absolute atomic E-state index is 14.0. The zero-order chi connectivity index (χ0) is 16.9. The number of carbonyl (C=O) groups excluding carboxylic acids is 1. The number of aromatic nitrogens is 2. The number of benzene rings is 1. The monoisotopic (exact) mass is 329 g/mol. The largest absolute Gasteiger partial charge is 0.349 e. The van der Waals surface area contributed by atoms with E-state index in [4.69, 9.17) is 0 Å². The van der Waals surface area contributed by atoms with Gasteiger partial charge in [0.2, 0.25) is 0 Å². The standard InChI is InChI=1S/C19H24FN3O/c1-14-16(13-21-23(14)18-12-8-7-11-17(18)20)19(24)22-15-9-5-3-2-4-6-10-15/h7-8,11-13,15H,2-6,9-10H2,1H3,(H,22,24). The van der Waals surface area contributed by atoms with Gasteiger partial charge in [0.05, 0.1) is 17.5 Å². The number of nitrogens with zero attached hydrogens (tertiary/aromatic N) is 2. The summed E-state index contributed by atoms with van der Waals surface area (Å²) >= 11 is 0. The summed E-state index contributed by atoms with van der Waals surface area (Å²) in [5, 5.41) is 7.35. The van der Waals surface area contributed by atoms with Gasteiger partial charge in [0.15, 0.2) is 0 Å². The van der Waals surface area contributed by atoms with Crippen molar-refractivity contribution >= 4 is 5.91 Å². The molecule has 0 bridgehead atoms. The number of rotatable bonds is 3. The Hall–Kier alpha value is -2.17. The lowest BCUT2D eigenvalue weighted by molar-refractivity contribution is 0.0930. The Morgan fingerprint density at radius 2 is 1.83 bits per heavy atom. The lowest BCUT2D eigenvalue weighted by Gasteiger charge is -2.21. The van der Waals surface area contributed by atoms with Crippen LogP contribution in [0, 0.1) is 12.7 Å². The average Bonchev–Trinajstić information content (AvgIpc) is 2.92. The second kappa shape index (κ2) is 7.60. The van der Waals surface area contributed by atoms with Gasteiger partial charge in [-0.05, 0) is 31.9 Å². The zero-order valence-electron chi connectivity index (χ0n) is 14.1. The number of hydrogen-bond donors (Lipinski definition) is 1. The van der Waals surface area contributed by atoms with Crippen LogP contribution in [0.4, 0.5) is 4.39 Å². The van der Waals surface area contributed by atoms with Crippen LogP contribution < -0.4 is 5.32 Å². The van der Waals surface area contributed by atoms with Gasteiger partial charge < -0.3 is 5.32 Å². The first-order chi connectivity index (χ1) is 11.7. The molecular weight excluding hydrogens is 305 g/mol. The Bertz CT molecular complexity index is 702. The zero-order valence-corrected chi connectivity index (χ0v) is 14.1. The molecule has 5 heteroatoms. The van der Waals surface area contributed by atoms with Gasteiger partial charge in [0.1, 0.15) is 11.5 Å². The Labute approximate surface area is 142 Å². The molecule has 1 aliphatic rings. The SMILES string of the molecule is Cc1c(C(=O)NC2CCCCCCC2)cnn1-c1ccccc1F. The summed E-state index contributed by atoms with van der Waals surface area (Å²) in [6.07, 6.45) is 9.72. The molecule has 0 saturated heterocycles. The van der Waals surface area contributed by atoms with E-state index in [2.05, 4.69) is 10.4 Å². The highest BCUT2D eigenvalue weighted by atomic mass is 19.1. The van der Waals surface area contributed by atoms with Gasteiger partial charge in [-0.1, -0.05) is 44.2 Å². The summed E-state index contributed by atoms with van der Waals surface area (Å²) in [6, 6.07) is 6.68.